The summed E-state index contributed by atoms with van der Waals surface area (Å²) in [5.41, 5.74) is 0. The number of morpholine rings is 1. The number of nitrogens with one attached hydrogen (secondary N) is 1. The SMILES string of the molecule is CN(CC1CNCCO1)C(=O)CC1CCC1. The molecule has 0 aromatic carbocycles. The van der Waals surface area contributed by atoms with E-state index in [2.05, 4.69) is 5.32 Å². The third-order valence-electron chi connectivity index (χ3n) is 3.60. The Morgan fingerprint density at radius 2 is 2.31 bits per heavy atom. The van der Waals surface area contributed by atoms with Crippen LogP contribution >= 0.6 is 0 Å². The molecule has 1 amide bonds. The highest BCUT2D eigenvalue weighted by Crippen LogP contribution is 2.29. The molecule has 16 heavy (non-hydrogen) atoms. The number of ether oxygens (including phenoxy) is 1. The third-order valence-corrected chi connectivity index (χ3v) is 3.60. The van der Waals surface area contributed by atoms with Crippen LogP contribution in [0.3, 0.4) is 0 Å². The van der Waals surface area contributed by atoms with Crippen molar-refractivity contribution in [1.29, 1.82) is 0 Å². The average molecular weight is 226 g/mol. The van der Waals surface area contributed by atoms with Crippen molar-refractivity contribution >= 4 is 5.91 Å². The lowest BCUT2D eigenvalue weighted by Crippen LogP contribution is -2.46. The predicted octanol–water partition coefficient (Wildman–Crippen LogP) is 0.623. The monoisotopic (exact) mass is 226 g/mol. The second-order valence-corrected chi connectivity index (χ2v) is 4.97. The molecule has 1 heterocycles. The van der Waals surface area contributed by atoms with Crippen molar-refractivity contribution in [2.24, 2.45) is 5.92 Å². The van der Waals surface area contributed by atoms with Gasteiger partial charge in [-0.1, -0.05) is 6.42 Å². The number of hydrogen-bond donors (Lipinski definition) is 1. The Bertz CT molecular complexity index is 235. The van der Waals surface area contributed by atoms with E-state index < -0.39 is 0 Å². The van der Waals surface area contributed by atoms with Crippen LogP contribution in [0.15, 0.2) is 0 Å². The highest BCUT2D eigenvalue weighted by Gasteiger charge is 2.24. The molecule has 1 N–H and O–H groups in total. The van der Waals surface area contributed by atoms with E-state index in [4.69, 9.17) is 4.74 Å². The van der Waals surface area contributed by atoms with Crippen molar-refractivity contribution < 1.29 is 9.53 Å². The van der Waals surface area contributed by atoms with Gasteiger partial charge in [0, 0.05) is 33.1 Å². The van der Waals surface area contributed by atoms with Crippen LogP contribution in [0.2, 0.25) is 0 Å². The quantitative estimate of drug-likeness (QED) is 0.764. The van der Waals surface area contributed by atoms with Gasteiger partial charge in [-0.2, -0.15) is 0 Å². The molecule has 2 fully saturated rings. The van der Waals surface area contributed by atoms with Gasteiger partial charge in [0.2, 0.25) is 5.91 Å². The first-order chi connectivity index (χ1) is 7.75. The van der Waals surface area contributed by atoms with E-state index in [0.717, 1.165) is 32.7 Å². The van der Waals surface area contributed by atoms with Crippen LogP contribution in [0, 0.1) is 5.92 Å². The first-order valence-electron chi connectivity index (χ1n) is 6.32. The fourth-order valence-corrected chi connectivity index (χ4v) is 2.24. The second-order valence-electron chi connectivity index (χ2n) is 4.97. The molecule has 1 saturated carbocycles. The first-order valence-corrected chi connectivity index (χ1v) is 6.32. The van der Waals surface area contributed by atoms with E-state index in [0.29, 0.717) is 5.92 Å². The number of nitrogens with zero attached hydrogens (tertiary/aromatic N) is 1. The molecule has 0 bridgehead atoms. The molecule has 0 radical (unpaired) electrons. The average Bonchev–Trinajstić information content (AvgIpc) is 2.24. The molecule has 2 aliphatic rings. The van der Waals surface area contributed by atoms with Crippen LogP contribution in [-0.4, -0.2) is 50.2 Å². The van der Waals surface area contributed by atoms with Crippen molar-refractivity contribution in [1.82, 2.24) is 10.2 Å². The Kier molecular flexibility index (Phi) is 4.18. The summed E-state index contributed by atoms with van der Waals surface area (Å²) < 4.78 is 5.59. The maximum Gasteiger partial charge on any atom is 0.222 e. The second kappa shape index (κ2) is 5.64. The number of carbonyl (C=O) groups is 1. The van der Waals surface area contributed by atoms with Crippen molar-refractivity contribution in [2.45, 2.75) is 31.8 Å². The Hall–Kier alpha value is -0.610. The van der Waals surface area contributed by atoms with E-state index in [-0.39, 0.29) is 12.0 Å². The van der Waals surface area contributed by atoms with Gasteiger partial charge in [-0.05, 0) is 18.8 Å². The summed E-state index contributed by atoms with van der Waals surface area (Å²) in [6.45, 7) is 3.27. The molecule has 1 unspecified atom stereocenters. The standard InChI is InChI=1S/C12H22N2O2/c1-14(9-11-8-13-5-6-16-11)12(15)7-10-3-2-4-10/h10-11,13H,2-9H2,1H3. The lowest BCUT2D eigenvalue weighted by molar-refractivity contribution is -0.133. The highest BCUT2D eigenvalue weighted by molar-refractivity contribution is 5.76. The summed E-state index contributed by atoms with van der Waals surface area (Å²) in [5, 5.41) is 3.28. The molecule has 1 aliphatic heterocycles. The van der Waals surface area contributed by atoms with Crippen molar-refractivity contribution in [3.63, 3.8) is 0 Å². The van der Waals surface area contributed by atoms with Crippen LogP contribution in [0.4, 0.5) is 0 Å². The molecule has 1 aliphatic carbocycles. The number of rotatable bonds is 4. The minimum absolute atomic E-state index is 0.170. The Labute approximate surface area is 97.3 Å². The van der Waals surface area contributed by atoms with E-state index in [1.165, 1.54) is 19.3 Å². The van der Waals surface area contributed by atoms with Gasteiger partial charge < -0.3 is 15.0 Å². The van der Waals surface area contributed by atoms with Gasteiger partial charge >= 0.3 is 0 Å². The fraction of sp³-hybridized carbons (Fsp3) is 0.917. The molecule has 4 nitrogen and oxygen atoms in total. The summed E-state index contributed by atoms with van der Waals surface area (Å²) in [4.78, 5) is 13.7. The van der Waals surface area contributed by atoms with Crippen molar-refractivity contribution in [2.75, 3.05) is 33.3 Å². The van der Waals surface area contributed by atoms with Gasteiger partial charge in [-0.15, -0.1) is 0 Å². The number of amides is 1. The van der Waals surface area contributed by atoms with Crippen LogP contribution in [-0.2, 0) is 9.53 Å². The molecular weight excluding hydrogens is 204 g/mol. The number of hydrogen-bond acceptors (Lipinski definition) is 3. The van der Waals surface area contributed by atoms with Crippen LogP contribution < -0.4 is 5.32 Å². The molecular formula is C12H22N2O2. The van der Waals surface area contributed by atoms with Gasteiger partial charge in [-0.3, -0.25) is 4.79 Å². The molecule has 0 aromatic heterocycles. The van der Waals surface area contributed by atoms with E-state index in [1.807, 2.05) is 11.9 Å². The molecule has 4 heteroatoms. The largest absolute Gasteiger partial charge is 0.374 e. The fourth-order valence-electron chi connectivity index (χ4n) is 2.24. The minimum atomic E-state index is 0.170. The predicted molar refractivity (Wildman–Crippen MR) is 62.2 cm³/mol. The molecule has 1 saturated heterocycles. The van der Waals surface area contributed by atoms with Gasteiger partial charge in [0.1, 0.15) is 0 Å². The zero-order valence-electron chi connectivity index (χ0n) is 10.1. The first kappa shape index (κ1) is 11.9. The maximum absolute atomic E-state index is 11.9. The van der Waals surface area contributed by atoms with Gasteiger partial charge in [0.15, 0.2) is 0 Å². The summed E-state index contributed by atoms with van der Waals surface area (Å²) in [7, 11) is 1.89. The van der Waals surface area contributed by atoms with Crippen molar-refractivity contribution in [3.05, 3.63) is 0 Å². The highest BCUT2D eigenvalue weighted by atomic mass is 16.5. The van der Waals surface area contributed by atoms with Gasteiger partial charge in [-0.25, -0.2) is 0 Å². The van der Waals surface area contributed by atoms with Gasteiger partial charge in [0.05, 0.1) is 12.7 Å². The van der Waals surface area contributed by atoms with Crippen molar-refractivity contribution in [3.8, 4) is 0 Å². The topological polar surface area (TPSA) is 41.6 Å². The summed E-state index contributed by atoms with van der Waals surface area (Å²) >= 11 is 0. The number of likely N-dealkylation sites (N-methyl/N-ethyl adjacent to an activating group) is 1. The lowest BCUT2D eigenvalue weighted by Gasteiger charge is -2.30. The zero-order chi connectivity index (χ0) is 11.4. The minimum Gasteiger partial charge on any atom is -0.374 e. The van der Waals surface area contributed by atoms with E-state index in [9.17, 15) is 4.79 Å². The Balaban J connectivity index is 1.68. The smallest absolute Gasteiger partial charge is 0.222 e. The molecule has 0 aromatic rings. The zero-order valence-corrected chi connectivity index (χ0v) is 10.1. The normalized spacial score (nSPS) is 26.2. The van der Waals surface area contributed by atoms with E-state index in [1.54, 1.807) is 0 Å². The number of carbonyl (C=O) groups excluding carboxylic acids is 1. The molecule has 2 rings (SSSR count). The van der Waals surface area contributed by atoms with Crippen LogP contribution in [0.1, 0.15) is 25.7 Å². The van der Waals surface area contributed by atoms with E-state index >= 15 is 0 Å². The summed E-state index contributed by atoms with van der Waals surface area (Å²) in [6.07, 6.45) is 4.68. The third kappa shape index (κ3) is 3.19. The molecule has 1 atom stereocenters. The van der Waals surface area contributed by atoms with Gasteiger partial charge in [0.25, 0.3) is 0 Å². The van der Waals surface area contributed by atoms with Crippen LogP contribution in [0.5, 0.6) is 0 Å². The summed E-state index contributed by atoms with van der Waals surface area (Å²) in [6, 6.07) is 0. The van der Waals surface area contributed by atoms with Crippen LogP contribution in [0.25, 0.3) is 0 Å². The lowest BCUT2D eigenvalue weighted by atomic mass is 9.83. The Morgan fingerprint density at radius 3 is 2.88 bits per heavy atom. The summed E-state index contributed by atoms with van der Waals surface area (Å²) in [5.74, 6) is 0.930. The maximum atomic E-state index is 11.9. The molecule has 0 spiro atoms. The Morgan fingerprint density at radius 1 is 1.50 bits per heavy atom. The molecule has 92 valence electrons.